The van der Waals surface area contributed by atoms with Crippen molar-refractivity contribution in [3.8, 4) is 5.75 Å². The topological polar surface area (TPSA) is 21.3 Å². The summed E-state index contributed by atoms with van der Waals surface area (Å²) in [5.74, 6) is 1.01. The van der Waals surface area contributed by atoms with Crippen LogP contribution in [0.5, 0.6) is 5.75 Å². The van der Waals surface area contributed by atoms with Crippen LogP contribution < -0.4 is 10.1 Å². The van der Waals surface area contributed by atoms with Gasteiger partial charge in [0, 0.05) is 6.04 Å². The van der Waals surface area contributed by atoms with Gasteiger partial charge in [-0.25, -0.2) is 0 Å². The molecule has 0 saturated carbocycles. The molecule has 1 rings (SSSR count). The van der Waals surface area contributed by atoms with E-state index in [2.05, 4.69) is 32.2 Å². The highest BCUT2D eigenvalue weighted by molar-refractivity contribution is 5.31. The average molecular weight is 235 g/mol. The Labute approximate surface area is 105 Å². The molecule has 1 unspecified atom stereocenters. The fourth-order valence-corrected chi connectivity index (χ4v) is 1.85. The van der Waals surface area contributed by atoms with Crippen LogP contribution in [-0.4, -0.2) is 19.2 Å². The SMILES string of the molecule is CCCNC(CCC)COc1ccccc1C. The van der Waals surface area contributed by atoms with E-state index < -0.39 is 0 Å². The predicted octanol–water partition coefficient (Wildman–Crippen LogP) is 3.54. The number of aryl methyl sites for hydroxylation is 1. The van der Waals surface area contributed by atoms with E-state index in [0.29, 0.717) is 6.04 Å². The van der Waals surface area contributed by atoms with Crippen molar-refractivity contribution in [2.45, 2.75) is 46.1 Å². The smallest absolute Gasteiger partial charge is 0.122 e. The Hall–Kier alpha value is -1.02. The van der Waals surface area contributed by atoms with Crippen LogP contribution in [0.3, 0.4) is 0 Å². The summed E-state index contributed by atoms with van der Waals surface area (Å²) in [5, 5.41) is 3.54. The van der Waals surface area contributed by atoms with Crippen molar-refractivity contribution in [1.29, 1.82) is 0 Å². The van der Waals surface area contributed by atoms with Crippen molar-refractivity contribution < 1.29 is 4.74 Å². The Morgan fingerprint density at radius 3 is 2.59 bits per heavy atom. The molecule has 2 heteroatoms. The zero-order chi connectivity index (χ0) is 12.5. The third kappa shape index (κ3) is 5.22. The second kappa shape index (κ2) is 8.13. The summed E-state index contributed by atoms with van der Waals surface area (Å²) in [4.78, 5) is 0. The van der Waals surface area contributed by atoms with Crippen molar-refractivity contribution in [3.05, 3.63) is 29.8 Å². The zero-order valence-corrected chi connectivity index (χ0v) is 11.3. The van der Waals surface area contributed by atoms with Gasteiger partial charge in [0.2, 0.25) is 0 Å². The molecule has 2 nitrogen and oxygen atoms in total. The molecule has 0 radical (unpaired) electrons. The number of nitrogens with one attached hydrogen (secondary N) is 1. The van der Waals surface area contributed by atoms with E-state index in [-0.39, 0.29) is 0 Å². The molecule has 0 aliphatic carbocycles. The predicted molar refractivity (Wildman–Crippen MR) is 73.7 cm³/mol. The lowest BCUT2D eigenvalue weighted by Gasteiger charge is -2.19. The lowest BCUT2D eigenvalue weighted by atomic mass is 10.1. The maximum atomic E-state index is 5.89. The molecule has 0 aliphatic rings. The van der Waals surface area contributed by atoms with Gasteiger partial charge in [0.05, 0.1) is 0 Å². The molecule has 0 heterocycles. The van der Waals surface area contributed by atoms with Gasteiger partial charge in [0.25, 0.3) is 0 Å². The molecule has 0 amide bonds. The molecule has 0 aliphatic heterocycles. The zero-order valence-electron chi connectivity index (χ0n) is 11.3. The van der Waals surface area contributed by atoms with E-state index in [1.54, 1.807) is 0 Å². The van der Waals surface area contributed by atoms with Crippen molar-refractivity contribution in [3.63, 3.8) is 0 Å². The molecule has 1 N–H and O–H groups in total. The van der Waals surface area contributed by atoms with Crippen molar-refractivity contribution >= 4 is 0 Å². The highest BCUT2D eigenvalue weighted by Crippen LogP contribution is 2.16. The number of rotatable bonds is 8. The lowest BCUT2D eigenvalue weighted by molar-refractivity contribution is 0.254. The quantitative estimate of drug-likeness (QED) is 0.744. The summed E-state index contributed by atoms with van der Waals surface area (Å²) in [5.41, 5.74) is 1.21. The number of hydrogen-bond acceptors (Lipinski definition) is 2. The average Bonchev–Trinajstić information content (AvgIpc) is 2.34. The van der Waals surface area contributed by atoms with Crippen LogP contribution in [0.25, 0.3) is 0 Å². The third-order valence-corrected chi connectivity index (χ3v) is 2.85. The van der Waals surface area contributed by atoms with E-state index >= 15 is 0 Å². The summed E-state index contributed by atoms with van der Waals surface area (Å²) >= 11 is 0. The van der Waals surface area contributed by atoms with E-state index in [4.69, 9.17) is 4.74 Å². The van der Waals surface area contributed by atoms with E-state index in [1.807, 2.05) is 18.2 Å². The molecule has 0 spiro atoms. The van der Waals surface area contributed by atoms with Crippen LogP contribution in [0.1, 0.15) is 38.7 Å². The van der Waals surface area contributed by atoms with Gasteiger partial charge in [-0.2, -0.15) is 0 Å². The fraction of sp³-hybridized carbons (Fsp3) is 0.600. The van der Waals surface area contributed by atoms with Gasteiger partial charge in [-0.05, 0) is 37.9 Å². The summed E-state index contributed by atoms with van der Waals surface area (Å²) in [6.45, 7) is 8.33. The highest BCUT2D eigenvalue weighted by atomic mass is 16.5. The molecule has 0 saturated heterocycles. The molecular formula is C15H25NO. The maximum Gasteiger partial charge on any atom is 0.122 e. The summed E-state index contributed by atoms with van der Waals surface area (Å²) in [6, 6.07) is 8.67. The van der Waals surface area contributed by atoms with Gasteiger partial charge in [0.15, 0.2) is 0 Å². The normalized spacial score (nSPS) is 12.4. The van der Waals surface area contributed by atoms with Crippen molar-refractivity contribution in [2.75, 3.05) is 13.2 Å². The summed E-state index contributed by atoms with van der Waals surface area (Å²) < 4.78 is 5.89. The minimum atomic E-state index is 0.472. The third-order valence-electron chi connectivity index (χ3n) is 2.85. The second-order valence-corrected chi connectivity index (χ2v) is 4.52. The molecule has 96 valence electrons. The molecule has 1 aromatic rings. The van der Waals surface area contributed by atoms with Gasteiger partial charge in [0.1, 0.15) is 12.4 Å². The fourth-order valence-electron chi connectivity index (χ4n) is 1.85. The van der Waals surface area contributed by atoms with E-state index in [9.17, 15) is 0 Å². The molecule has 0 aromatic heterocycles. The molecule has 17 heavy (non-hydrogen) atoms. The van der Waals surface area contributed by atoms with Gasteiger partial charge in [-0.15, -0.1) is 0 Å². The largest absolute Gasteiger partial charge is 0.492 e. The molecule has 0 bridgehead atoms. The Bertz CT molecular complexity index is 312. The minimum Gasteiger partial charge on any atom is -0.492 e. The monoisotopic (exact) mass is 235 g/mol. The van der Waals surface area contributed by atoms with Gasteiger partial charge in [-0.3, -0.25) is 0 Å². The van der Waals surface area contributed by atoms with Crippen LogP contribution in [0.15, 0.2) is 24.3 Å². The van der Waals surface area contributed by atoms with Crippen molar-refractivity contribution in [2.24, 2.45) is 0 Å². The molecule has 1 aromatic carbocycles. The van der Waals surface area contributed by atoms with Crippen LogP contribution in [-0.2, 0) is 0 Å². The number of hydrogen-bond donors (Lipinski definition) is 1. The second-order valence-electron chi connectivity index (χ2n) is 4.52. The molecular weight excluding hydrogens is 210 g/mol. The Balaban J connectivity index is 2.42. The Morgan fingerprint density at radius 1 is 1.18 bits per heavy atom. The van der Waals surface area contributed by atoms with E-state index in [1.165, 1.54) is 24.8 Å². The Kier molecular flexibility index (Phi) is 6.71. The van der Waals surface area contributed by atoms with Crippen LogP contribution in [0.2, 0.25) is 0 Å². The van der Waals surface area contributed by atoms with Crippen LogP contribution in [0.4, 0.5) is 0 Å². The first-order valence-electron chi connectivity index (χ1n) is 6.69. The lowest BCUT2D eigenvalue weighted by Crippen LogP contribution is -2.35. The first-order valence-corrected chi connectivity index (χ1v) is 6.69. The molecule has 0 fully saturated rings. The number of benzene rings is 1. The maximum absolute atomic E-state index is 5.89. The van der Waals surface area contributed by atoms with E-state index in [0.717, 1.165) is 18.9 Å². The minimum absolute atomic E-state index is 0.472. The summed E-state index contributed by atoms with van der Waals surface area (Å²) in [7, 11) is 0. The van der Waals surface area contributed by atoms with Gasteiger partial charge >= 0.3 is 0 Å². The first kappa shape index (κ1) is 14.0. The number of ether oxygens (including phenoxy) is 1. The van der Waals surface area contributed by atoms with Gasteiger partial charge in [-0.1, -0.05) is 38.5 Å². The van der Waals surface area contributed by atoms with Crippen LogP contribution in [0, 0.1) is 6.92 Å². The first-order chi connectivity index (χ1) is 8.27. The van der Waals surface area contributed by atoms with Crippen molar-refractivity contribution in [1.82, 2.24) is 5.32 Å². The summed E-state index contributed by atoms with van der Waals surface area (Å²) in [6.07, 6.45) is 3.54. The Morgan fingerprint density at radius 2 is 1.94 bits per heavy atom. The van der Waals surface area contributed by atoms with Crippen LogP contribution >= 0.6 is 0 Å². The molecule has 1 atom stereocenters. The standard InChI is InChI=1S/C15H25NO/c1-4-8-14(16-11-5-2)12-17-15-10-7-6-9-13(15)3/h6-7,9-10,14,16H,4-5,8,11-12H2,1-3H3. The highest BCUT2D eigenvalue weighted by Gasteiger charge is 2.08. The number of para-hydroxylation sites is 1. The van der Waals surface area contributed by atoms with Gasteiger partial charge < -0.3 is 10.1 Å².